The Kier molecular flexibility index (Phi) is 2.82. The lowest BCUT2D eigenvalue weighted by molar-refractivity contribution is -0.141. The van der Waals surface area contributed by atoms with Crippen molar-refractivity contribution < 1.29 is 17.9 Å². The number of aryl methyl sites for hydroxylation is 1. The SMILES string of the molecule is Cn1nc(C(F)(F)F)cc1OC[C@@H]1[CH]CC1. The monoisotopic (exact) mass is 233 g/mol. The Labute approximate surface area is 91.2 Å². The molecule has 0 spiro atoms. The normalized spacial score (nSPS) is 17.2. The van der Waals surface area contributed by atoms with Gasteiger partial charge in [0, 0.05) is 13.1 Å². The topological polar surface area (TPSA) is 27.1 Å². The van der Waals surface area contributed by atoms with Gasteiger partial charge in [0.15, 0.2) is 5.69 Å². The van der Waals surface area contributed by atoms with E-state index in [0.29, 0.717) is 12.5 Å². The molecule has 0 N–H and O–H groups in total. The average molecular weight is 233 g/mol. The first-order valence-corrected chi connectivity index (χ1v) is 5.04. The summed E-state index contributed by atoms with van der Waals surface area (Å²) in [6.45, 7) is 0.427. The van der Waals surface area contributed by atoms with E-state index in [0.717, 1.165) is 23.6 Å². The summed E-state index contributed by atoms with van der Waals surface area (Å²) in [4.78, 5) is 0. The third-order valence-electron chi connectivity index (χ3n) is 2.61. The van der Waals surface area contributed by atoms with Crippen molar-refractivity contribution in [1.82, 2.24) is 9.78 Å². The van der Waals surface area contributed by atoms with Gasteiger partial charge in [-0.15, -0.1) is 0 Å². The molecule has 1 aliphatic carbocycles. The van der Waals surface area contributed by atoms with E-state index in [9.17, 15) is 13.2 Å². The molecule has 0 amide bonds. The van der Waals surface area contributed by atoms with Crippen LogP contribution in [-0.4, -0.2) is 16.4 Å². The van der Waals surface area contributed by atoms with Crippen molar-refractivity contribution in [1.29, 1.82) is 0 Å². The van der Waals surface area contributed by atoms with Crippen LogP contribution in [0.1, 0.15) is 18.5 Å². The van der Waals surface area contributed by atoms with Gasteiger partial charge in [-0.1, -0.05) is 0 Å². The summed E-state index contributed by atoms with van der Waals surface area (Å²) in [6, 6.07) is 0.929. The van der Waals surface area contributed by atoms with Crippen LogP contribution in [0.25, 0.3) is 0 Å². The number of hydrogen-bond donors (Lipinski definition) is 0. The van der Waals surface area contributed by atoms with E-state index < -0.39 is 11.9 Å². The van der Waals surface area contributed by atoms with Gasteiger partial charge in [-0.3, -0.25) is 0 Å². The number of ether oxygens (including phenoxy) is 1. The van der Waals surface area contributed by atoms with Crippen molar-refractivity contribution in [2.24, 2.45) is 13.0 Å². The molecule has 0 aromatic carbocycles. The number of nitrogens with zero attached hydrogens (tertiary/aromatic N) is 2. The summed E-state index contributed by atoms with van der Waals surface area (Å²) in [5, 5.41) is 3.36. The third kappa shape index (κ3) is 2.31. The molecule has 2 rings (SSSR count). The van der Waals surface area contributed by atoms with Gasteiger partial charge in [-0.2, -0.15) is 18.3 Å². The van der Waals surface area contributed by atoms with Gasteiger partial charge in [0.05, 0.1) is 6.61 Å². The lowest BCUT2D eigenvalue weighted by Crippen LogP contribution is -2.20. The van der Waals surface area contributed by atoms with Gasteiger partial charge >= 0.3 is 6.18 Å². The fourth-order valence-electron chi connectivity index (χ4n) is 1.47. The van der Waals surface area contributed by atoms with E-state index in [1.54, 1.807) is 0 Å². The quantitative estimate of drug-likeness (QED) is 0.801. The molecule has 1 saturated carbocycles. The Morgan fingerprint density at radius 2 is 2.25 bits per heavy atom. The van der Waals surface area contributed by atoms with Crippen LogP contribution in [0, 0.1) is 12.3 Å². The smallest absolute Gasteiger partial charge is 0.435 e. The Morgan fingerprint density at radius 1 is 1.56 bits per heavy atom. The van der Waals surface area contributed by atoms with Crippen LogP contribution < -0.4 is 4.74 Å². The molecule has 3 nitrogen and oxygen atoms in total. The molecule has 0 saturated heterocycles. The fourth-order valence-corrected chi connectivity index (χ4v) is 1.47. The lowest BCUT2D eigenvalue weighted by Gasteiger charge is -2.24. The number of halogens is 3. The molecule has 1 aromatic rings. The van der Waals surface area contributed by atoms with Crippen molar-refractivity contribution >= 4 is 0 Å². The zero-order valence-corrected chi connectivity index (χ0v) is 8.79. The highest BCUT2D eigenvalue weighted by molar-refractivity contribution is 5.18. The van der Waals surface area contributed by atoms with Crippen molar-refractivity contribution in [3.63, 3.8) is 0 Å². The van der Waals surface area contributed by atoms with Crippen molar-refractivity contribution in [2.75, 3.05) is 6.61 Å². The standard InChI is InChI=1S/C10H12F3N2O/c1-15-9(16-6-7-3-2-4-7)5-8(14-15)10(11,12)13/h3,5,7H,2,4,6H2,1H3/t7-/m1/s1. The van der Waals surface area contributed by atoms with Crippen LogP contribution in [0.5, 0.6) is 5.88 Å². The second-order valence-electron chi connectivity index (χ2n) is 3.87. The molecule has 1 aromatic heterocycles. The van der Waals surface area contributed by atoms with Crippen molar-refractivity contribution in [3.05, 3.63) is 18.2 Å². The van der Waals surface area contributed by atoms with Crippen LogP contribution >= 0.6 is 0 Å². The zero-order chi connectivity index (χ0) is 11.8. The average Bonchev–Trinajstić information content (AvgIpc) is 2.44. The van der Waals surface area contributed by atoms with E-state index in [1.165, 1.54) is 7.05 Å². The van der Waals surface area contributed by atoms with Crippen LogP contribution in [0.3, 0.4) is 0 Å². The first-order valence-electron chi connectivity index (χ1n) is 5.04. The van der Waals surface area contributed by atoms with Crippen LogP contribution in [0.2, 0.25) is 0 Å². The minimum Gasteiger partial charge on any atom is -0.478 e. The Balaban J connectivity index is 2.00. The summed E-state index contributed by atoms with van der Waals surface area (Å²) in [5.41, 5.74) is -0.914. The van der Waals surface area contributed by atoms with Gasteiger partial charge in [0.1, 0.15) is 0 Å². The Hall–Kier alpha value is -1.20. The van der Waals surface area contributed by atoms with Gasteiger partial charge in [0.2, 0.25) is 5.88 Å². The molecule has 0 aliphatic heterocycles. The van der Waals surface area contributed by atoms with Gasteiger partial charge in [0.25, 0.3) is 0 Å². The molecule has 1 radical (unpaired) electrons. The van der Waals surface area contributed by atoms with Gasteiger partial charge in [-0.25, -0.2) is 4.68 Å². The molecule has 89 valence electrons. The zero-order valence-electron chi connectivity index (χ0n) is 8.79. The van der Waals surface area contributed by atoms with E-state index in [-0.39, 0.29) is 5.88 Å². The van der Waals surface area contributed by atoms with Crippen LogP contribution in [-0.2, 0) is 13.2 Å². The van der Waals surface area contributed by atoms with Crippen LogP contribution in [0.4, 0.5) is 13.2 Å². The maximum atomic E-state index is 12.3. The number of aromatic nitrogens is 2. The highest BCUT2D eigenvalue weighted by Crippen LogP contribution is 2.31. The third-order valence-corrected chi connectivity index (χ3v) is 2.61. The first kappa shape index (κ1) is 11.3. The number of alkyl halides is 3. The fraction of sp³-hybridized carbons (Fsp3) is 0.600. The second kappa shape index (κ2) is 3.99. The predicted octanol–water partition coefficient (Wildman–Crippen LogP) is 2.43. The van der Waals surface area contributed by atoms with E-state index in [1.807, 2.05) is 0 Å². The highest BCUT2D eigenvalue weighted by Gasteiger charge is 2.35. The number of rotatable bonds is 3. The van der Waals surface area contributed by atoms with Gasteiger partial charge < -0.3 is 4.74 Å². The molecule has 0 unspecified atom stereocenters. The lowest BCUT2D eigenvalue weighted by atomic mass is 9.86. The van der Waals surface area contributed by atoms with E-state index >= 15 is 0 Å². The minimum absolute atomic E-state index is 0.160. The predicted molar refractivity (Wildman–Crippen MR) is 50.7 cm³/mol. The first-order chi connectivity index (χ1) is 7.47. The summed E-state index contributed by atoms with van der Waals surface area (Å²) in [5.74, 6) is 0.525. The molecule has 16 heavy (non-hydrogen) atoms. The number of hydrogen-bond acceptors (Lipinski definition) is 2. The Bertz CT molecular complexity index is 369. The molecular weight excluding hydrogens is 221 g/mol. The Morgan fingerprint density at radius 3 is 2.69 bits per heavy atom. The second-order valence-corrected chi connectivity index (χ2v) is 3.87. The van der Waals surface area contributed by atoms with Crippen molar-refractivity contribution in [2.45, 2.75) is 19.0 Å². The molecule has 0 bridgehead atoms. The molecule has 6 heteroatoms. The molecular formula is C10H12F3N2O. The molecule has 1 fully saturated rings. The van der Waals surface area contributed by atoms with Gasteiger partial charge in [-0.05, 0) is 25.2 Å². The molecule has 1 heterocycles. The van der Waals surface area contributed by atoms with Crippen LogP contribution in [0.15, 0.2) is 6.07 Å². The van der Waals surface area contributed by atoms with Crippen molar-refractivity contribution in [3.8, 4) is 5.88 Å². The van der Waals surface area contributed by atoms with E-state index in [2.05, 4.69) is 11.5 Å². The molecule has 1 atom stereocenters. The summed E-state index contributed by atoms with van der Waals surface area (Å²) in [6.07, 6.45) is -0.208. The van der Waals surface area contributed by atoms with E-state index in [4.69, 9.17) is 4.74 Å². The molecule has 1 aliphatic rings. The summed E-state index contributed by atoms with van der Waals surface area (Å²) < 4.78 is 43.4. The summed E-state index contributed by atoms with van der Waals surface area (Å²) in [7, 11) is 1.44. The minimum atomic E-state index is -4.41. The highest BCUT2D eigenvalue weighted by atomic mass is 19.4. The largest absolute Gasteiger partial charge is 0.478 e. The maximum Gasteiger partial charge on any atom is 0.435 e. The maximum absolute atomic E-state index is 12.3. The summed E-state index contributed by atoms with van der Waals surface area (Å²) >= 11 is 0.